The van der Waals surface area contributed by atoms with Crippen LogP contribution in [0.5, 0.6) is 0 Å². The van der Waals surface area contributed by atoms with Gasteiger partial charge in [0.1, 0.15) is 0 Å². The van der Waals surface area contributed by atoms with E-state index in [1.54, 1.807) is 0 Å². The highest BCUT2D eigenvalue weighted by atomic mass is 16.2. The van der Waals surface area contributed by atoms with E-state index in [2.05, 4.69) is 31.0 Å². The summed E-state index contributed by atoms with van der Waals surface area (Å²) in [4.78, 5) is 14.3. The molecular weight excluding hydrogens is 238 g/mol. The summed E-state index contributed by atoms with van der Waals surface area (Å²) in [6, 6.07) is 0.293. The van der Waals surface area contributed by atoms with Crippen molar-refractivity contribution in [3.05, 3.63) is 0 Å². The number of nitrogens with zero attached hydrogens (tertiary/aromatic N) is 1. The zero-order valence-corrected chi connectivity index (χ0v) is 12.8. The molecule has 0 bridgehead atoms. The lowest BCUT2D eigenvalue weighted by Gasteiger charge is -2.37. The molecule has 19 heavy (non-hydrogen) atoms. The molecule has 0 aromatic heterocycles. The lowest BCUT2D eigenvalue weighted by Crippen LogP contribution is -2.47. The van der Waals surface area contributed by atoms with E-state index in [1.165, 1.54) is 0 Å². The van der Waals surface area contributed by atoms with Gasteiger partial charge < -0.3 is 11.1 Å². The van der Waals surface area contributed by atoms with Gasteiger partial charge in [-0.2, -0.15) is 0 Å². The summed E-state index contributed by atoms with van der Waals surface area (Å²) in [7, 11) is 0. The molecule has 4 nitrogen and oxygen atoms in total. The van der Waals surface area contributed by atoms with Gasteiger partial charge in [-0.25, -0.2) is 0 Å². The first kappa shape index (κ1) is 16.4. The van der Waals surface area contributed by atoms with Crippen LogP contribution in [0.15, 0.2) is 0 Å². The molecule has 1 rings (SSSR count). The predicted molar refractivity (Wildman–Crippen MR) is 79.9 cm³/mol. The van der Waals surface area contributed by atoms with Crippen LogP contribution >= 0.6 is 0 Å². The predicted octanol–water partition coefficient (Wildman–Crippen LogP) is 1.60. The van der Waals surface area contributed by atoms with Crippen LogP contribution in [0, 0.1) is 11.8 Å². The molecule has 1 fully saturated rings. The Kier molecular flexibility index (Phi) is 7.39. The number of nitrogens with two attached hydrogens (primary N) is 1. The van der Waals surface area contributed by atoms with E-state index in [-0.39, 0.29) is 5.91 Å². The van der Waals surface area contributed by atoms with Crippen molar-refractivity contribution < 1.29 is 4.79 Å². The molecule has 3 unspecified atom stereocenters. The summed E-state index contributed by atoms with van der Waals surface area (Å²) in [6.45, 7) is 9.80. The largest absolute Gasteiger partial charge is 0.353 e. The van der Waals surface area contributed by atoms with Gasteiger partial charge in [-0.3, -0.25) is 9.69 Å². The van der Waals surface area contributed by atoms with Crippen molar-refractivity contribution in [2.24, 2.45) is 17.6 Å². The Morgan fingerprint density at radius 3 is 2.74 bits per heavy atom. The molecule has 1 amide bonds. The lowest BCUT2D eigenvalue weighted by molar-refractivity contribution is -0.123. The fourth-order valence-corrected chi connectivity index (χ4v) is 3.10. The summed E-state index contributed by atoms with van der Waals surface area (Å²) in [5.41, 5.74) is 5.82. The van der Waals surface area contributed by atoms with Crippen LogP contribution in [0.4, 0.5) is 0 Å². The molecule has 1 heterocycles. The van der Waals surface area contributed by atoms with Crippen LogP contribution in [0.2, 0.25) is 0 Å². The number of rotatable bonds is 7. The molecule has 1 aliphatic rings. The molecule has 3 N–H and O–H groups in total. The van der Waals surface area contributed by atoms with Crippen molar-refractivity contribution in [2.75, 3.05) is 26.2 Å². The molecule has 0 saturated carbocycles. The summed E-state index contributed by atoms with van der Waals surface area (Å²) >= 11 is 0. The second-order valence-electron chi connectivity index (χ2n) is 5.95. The van der Waals surface area contributed by atoms with Gasteiger partial charge in [0.05, 0.1) is 6.54 Å². The number of hydrogen-bond acceptors (Lipinski definition) is 3. The standard InChI is InChI=1S/C15H31N3O/c1-4-6-12(3)17-15(19)11-18-8-7-14(9-16)13(5-2)10-18/h12-14H,4-11,16H2,1-3H3,(H,17,19). The average Bonchev–Trinajstić information content (AvgIpc) is 2.38. The van der Waals surface area contributed by atoms with Crippen LogP contribution in [0.1, 0.15) is 46.5 Å². The zero-order chi connectivity index (χ0) is 14.3. The molecule has 1 saturated heterocycles. The molecule has 112 valence electrons. The maximum Gasteiger partial charge on any atom is 0.234 e. The van der Waals surface area contributed by atoms with Gasteiger partial charge in [0, 0.05) is 12.6 Å². The van der Waals surface area contributed by atoms with E-state index < -0.39 is 0 Å². The normalized spacial score (nSPS) is 26.1. The van der Waals surface area contributed by atoms with E-state index >= 15 is 0 Å². The van der Waals surface area contributed by atoms with E-state index in [0.717, 1.165) is 45.3 Å². The second-order valence-corrected chi connectivity index (χ2v) is 5.95. The van der Waals surface area contributed by atoms with Crippen molar-refractivity contribution in [3.63, 3.8) is 0 Å². The van der Waals surface area contributed by atoms with Crippen molar-refractivity contribution >= 4 is 5.91 Å². The second kappa shape index (κ2) is 8.54. The van der Waals surface area contributed by atoms with Crippen LogP contribution < -0.4 is 11.1 Å². The Balaban J connectivity index is 2.35. The Morgan fingerprint density at radius 1 is 1.42 bits per heavy atom. The van der Waals surface area contributed by atoms with Gasteiger partial charge in [-0.05, 0) is 44.7 Å². The number of amides is 1. The maximum atomic E-state index is 12.0. The van der Waals surface area contributed by atoms with Crippen LogP contribution in [0.3, 0.4) is 0 Å². The molecule has 0 radical (unpaired) electrons. The highest BCUT2D eigenvalue weighted by Gasteiger charge is 2.27. The topological polar surface area (TPSA) is 58.4 Å². The Morgan fingerprint density at radius 2 is 2.16 bits per heavy atom. The Bertz CT molecular complexity index is 270. The fourth-order valence-electron chi connectivity index (χ4n) is 3.10. The summed E-state index contributed by atoms with van der Waals surface area (Å²) in [5, 5.41) is 3.08. The van der Waals surface area contributed by atoms with E-state index in [9.17, 15) is 4.79 Å². The molecule has 0 aromatic carbocycles. The lowest BCUT2D eigenvalue weighted by atomic mass is 9.84. The van der Waals surface area contributed by atoms with Crippen molar-refractivity contribution in [2.45, 2.75) is 52.5 Å². The van der Waals surface area contributed by atoms with Crippen molar-refractivity contribution in [3.8, 4) is 0 Å². The van der Waals surface area contributed by atoms with Gasteiger partial charge >= 0.3 is 0 Å². The van der Waals surface area contributed by atoms with E-state index in [4.69, 9.17) is 5.73 Å². The van der Waals surface area contributed by atoms with Gasteiger partial charge in [0.15, 0.2) is 0 Å². The molecule has 1 aliphatic heterocycles. The smallest absolute Gasteiger partial charge is 0.234 e. The third kappa shape index (κ3) is 5.49. The van der Waals surface area contributed by atoms with Gasteiger partial charge in [0.2, 0.25) is 5.91 Å². The minimum Gasteiger partial charge on any atom is -0.353 e. The average molecular weight is 269 g/mol. The Hall–Kier alpha value is -0.610. The number of nitrogens with one attached hydrogen (secondary N) is 1. The minimum absolute atomic E-state index is 0.169. The number of likely N-dealkylation sites (tertiary alicyclic amines) is 1. The minimum atomic E-state index is 0.169. The number of hydrogen-bond donors (Lipinski definition) is 2. The molecule has 0 aromatic rings. The van der Waals surface area contributed by atoms with Gasteiger partial charge in [0.25, 0.3) is 0 Å². The number of piperidine rings is 1. The first-order valence-electron chi connectivity index (χ1n) is 7.82. The molecule has 0 aliphatic carbocycles. The zero-order valence-electron chi connectivity index (χ0n) is 12.8. The van der Waals surface area contributed by atoms with Crippen LogP contribution in [-0.2, 0) is 4.79 Å². The molecule has 0 spiro atoms. The van der Waals surface area contributed by atoms with Crippen LogP contribution in [0.25, 0.3) is 0 Å². The third-order valence-electron chi connectivity index (χ3n) is 4.30. The highest BCUT2D eigenvalue weighted by Crippen LogP contribution is 2.25. The summed E-state index contributed by atoms with van der Waals surface area (Å²) in [5.74, 6) is 1.46. The first-order valence-corrected chi connectivity index (χ1v) is 7.82. The quantitative estimate of drug-likeness (QED) is 0.738. The molecule has 4 heteroatoms. The third-order valence-corrected chi connectivity index (χ3v) is 4.30. The van der Waals surface area contributed by atoms with Crippen molar-refractivity contribution in [1.82, 2.24) is 10.2 Å². The SMILES string of the molecule is CCCC(C)NC(=O)CN1CCC(CN)C(CC)C1. The number of carbonyl (C=O) groups excluding carboxylic acids is 1. The van der Waals surface area contributed by atoms with Gasteiger partial charge in [-0.1, -0.05) is 26.7 Å². The summed E-state index contributed by atoms with van der Waals surface area (Å²) in [6.07, 6.45) is 4.46. The van der Waals surface area contributed by atoms with Crippen LogP contribution in [-0.4, -0.2) is 43.0 Å². The Labute approximate surface area is 118 Å². The first-order chi connectivity index (χ1) is 9.10. The fraction of sp³-hybridized carbons (Fsp3) is 0.933. The molecule has 3 atom stereocenters. The maximum absolute atomic E-state index is 12.0. The molecular formula is C15H31N3O. The monoisotopic (exact) mass is 269 g/mol. The highest BCUT2D eigenvalue weighted by molar-refractivity contribution is 5.78. The van der Waals surface area contributed by atoms with Gasteiger partial charge in [-0.15, -0.1) is 0 Å². The van der Waals surface area contributed by atoms with E-state index in [0.29, 0.717) is 24.4 Å². The summed E-state index contributed by atoms with van der Waals surface area (Å²) < 4.78 is 0. The number of carbonyl (C=O) groups is 1. The van der Waals surface area contributed by atoms with Crippen molar-refractivity contribution in [1.29, 1.82) is 0 Å². The van der Waals surface area contributed by atoms with E-state index in [1.807, 2.05) is 0 Å².